The van der Waals surface area contributed by atoms with E-state index in [1.165, 1.54) is 6.07 Å². The van der Waals surface area contributed by atoms with Crippen LogP contribution in [0.25, 0.3) is 22.2 Å². The maximum Gasteiger partial charge on any atom is 0.123 e. The van der Waals surface area contributed by atoms with Gasteiger partial charge in [-0.05, 0) is 25.1 Å². The standard InChI is InChI=1S/C13H11FS/c1-3-5-10-11-8-9(14)6-7-13(11)15-12(10)4-2/h3-8H,2H2,1H3/b5-3-. The highest BCUT2D eigenvalue weighted by molar-refractivity contribution is 7.20. The molecule has 0 atom stereocenters. The molecule has 2 aromatic rings. The second-order valence-corrected chi connectivity index (χ2v) is 4.31. The zero-order chi connectivity index (χ0) is 10.8. The Balaban J connectivity index is 2.81. The summed E-state index contributed by atoms with van der Waals surface area (Å²) in [5.41, 5.74) is 1.06. The predicted molar refractivity (Wildman–Crippen MR) is 66.6 cm³/mol. The Bertz CT molecular complexity index is 535. The topological polar surface area (TPSA) is 0 Å². The number of thiophene rings is 1. The molecule has 0 aliphatic carbocycles. The molecule has 76 valence electrons. The molecule has 1 aromatic heterocycles. The van der Waals surface area contributed by atoms with E-state index >= 15 is 0 Å². The minimum absolute atomic E-state index is 0.193. The first-order chi connectivity index (χ1) is 7.26. The van der Waals surface area contributed by atoms with Crippen molar-refractivity contribution in [2.45, 2.75) is 6.92 Å². The van der Waals surface area contributed by atoms with Crippen molar-refractivity contribution < 1.29 is 4.39 Å². The number of halogens is 1. The van der Waals surface area contributed by atoms with Crippen LogP contribution in [-0.2, 0) is 0 Å². The summed E-state index contributed by atoms with van der Waals surface area (Å²) in [4.78, 5) is 1.09. The first-order valence-electron chi connectivity index (χ1n) is 4.73. The van der Waals surface area contributed by atoms with Crippen molar-refractivity contribution in [3.05, 3.63) is 47.1 Å². The average molecular weight is 218 g/mol. The van der Waals surface area contributed by atoms with Crippen LogP contribution in [0.15, 0.2) is 30.9 Å². The van der Waals surface area contributed by atoms with Gasteiger partial charge in [0.25, 0.3) is 0 Å². The van der Waals surface area contributed by atoms with Crippen molar-refractivity contribution in [2.24, 2.45) is 0 Å². The van der Waals surface area contributed by atoms with E-state index in [-0.39, 0.29) is 5.82 Å². The van der Waals surface area contributed by atoms with Crippen LogP contribution in [-0.4, -0.2) is 0 Å². The number of hydrogen-bond donors (Lipinski definition) is 0. The van der Waals surface area contributed by atoms with Crippen LogP contribution in [0.4, 0.5) is 4.39 Å². The minimum atomic E-state index is -0.193. The van der Waals surface area contributed by atoms with E-state index in [2.05, 4.69) is 6.58 Å². The summed E-state index contributed by atoms with van der Waals surface area (Å²) in [6.07, 6.45) is 5.77. The molecule has 0 N–H and O–H groups in total. The fourth-order valence-corrected chi connectivity index (χ4v) is 2.62. The van der Waals surface area contributed by atoms with Gasteiger partial charge in [0, 0.05) is 20.5 Å². The fraction of sp³-hybridized carbons (Fsp3) is 0.0769. The van der Waals surface area contributed by atoms with Crippen molar-refractivity contribution >= 4 is 33.6 Å². The van der Waals surface area contributed by atoms with E-state index in [1.54, 1.807) is 17.4 Å². The van der Waals surface area contributed by atoms with Gasteiger partial charge in [-0.1, -0.05) is 24.8 Å². The maximum absolute atomic E-state index is 13.1. The lowest BCUT2D eigenvalue weighted by Gasteiger charge is -1.93. The highest BCUT2D eigenvalue weighted by Crippen LogP contribution is 2.33. The third kappa shape index (κ3) is 1.73. The van der Waals surface area contributed by atoms with E-state index < -0.39 is 0 Å². The highest BCUT2D eigenvalue weighted by Gasteiger charge is 2.07. The Morgan fingerprint density at radius 3 is 2.87 bits per heavy atom. The molecular formula is C13H11FS. The lowest BCUT2D eigenvalue weighted by Crippen LogP contribution is -1.74. The fourth-order valence-electron chi connectivity index (χ4n) is 1.60. The van der Waals surface area contributed by atoms with Gasteiger partial charge < -0.3 is 0 Å². The molecule has 1 aromatic carbocycles. The Morgan fingerprint density at radius 1 is 1.40 bits per heavy atom. The number of fused-ring (bicyclic) bond motifs is 1. The lowest BCUT2D eigenvalue weighted by atomic mass is 10.1. The number of benzene rings is 1. The maximum atomic E-state index is 13.1. The quantitative estimate of drug-likeness (QED) is 0.684. The third-order valence-corrected chi connectivity index (χ3v) is 3.42. The Morgan fingerprint density at radius 2 is 2.20 bits per heavy atom. The first-order valence-corrected chi connectivity index (χ1v) is 5.55. The minimum Gasteiger partial charge on any atom is -0.207 e. The molecule has 0 aliphatic rings. The predicted octanol–water partition coefficient (Wildman–Crippen LogP) is 4.72. The van der Waals surface area contributed by atoms with Gasteiger partial charge >= 0.3 is 0 Å². The van der Waals surface area contributed by atoms with Gasteiger partial charge in [-0.3, -0.25) is 0 Å². The molecule has 0 bridgehead atoms. The molecule has 0 fully saturated rings. The number of rotatable bonds is 2. The zero-order valence-electron chi connectivity index (χ0n) is 8.46. The summed E-state index contributed by atoms with van der Waals surface area (Å²) in [6, 6.07) is 4.88. The lowest BCUT2D eigenvalue weighted by molar-refractivity contribution is 0.630. The molecular weight excluding hydrogens is 207 g/mol. The van der Waals surface area contributed by atoms with E-state index in [0.29, 0.717) is 0 Å². The van der Waals surface area contributed by atoms with Gasteiger partial charge in [0.2, 0.25) is 0 Å². The first kappa shape index (κ1) is 10.1. The van der Waals surface area contributed by atoms with Crippen LogP contribution in [0, 0.1) is 5.82 Å². The molecule has 2 rings (SSSR count). The van der Waals surface area contributed by atoms with Gasteiger partial charge in [-0.25, -0.2) is 4.39 Å². The Kier molecular flexibility index (Phi) is 2.69. The van der Waals surface area contributed by atoms with Crippen molar-refractivity contribution in [3.8, 4) is 0 Å². The molecule has 0 saturated carbocycles. The largest absolute Gasteiger partial charge is 0.207 e. The number of hydrogen-bond acceptors (Lipinski definition) is 1. The summed E-state index contributed by atoms with van der Waals surface area (Å²) in [7, 11) is 0. The summed E-state index contributed by atoms with van der Waals surface area (Å²) >= 11 is 1.64. The summed E-state index contributed by atoms with van der Waals surface area (Å²) in [6.45, 7) is 5.73. The van der Waals surface area contributed by atoms with Crippen LogP contribution in [0.2, 0.25) is 0 Å². The van der Waals surface area contributed by atoms with Gasteiger partial charge in [0.15, 0.2) is 0 Å². The second kappa shape index (κ2) is 3.99. The molecule has 15 heavy (non-hydrogen) atoms. The summed E-state index contributed by atoms with van der Waals surface area (Å²) in [5.74, 6) is -0.193. The van der Waals surface area contributed by atoms with Crippen molar-refractivity contribution in [1.29, 1.82) is 0 Å². The van der Waals surface area contributed by atoms with Crippen molar-refractivity contribution in [3.63, 3.8) is 0 Å². The average Bonchev–Trinajstić information content (AvgIpc) is 2.57. The van der Waals surface area contributed by atoms with E-state index in [0.717, 1.165) is 20.5 Å². The third-order valence-electron chi connectivity index (χ3n) is 2.24. The van der Waals surface area contributed by atoms with Gasteiger partial charge in [0.1, 0.15) is 5.82 Å². The summed E-state index contributed by atoms with van der Waals surface area (Å²) in [5, 5.41) is 0.966. The van der Waals surface area contributed by atoms with E-state index in [4.69, 9.17) is 0 Å². The van der Waals surface area contributed by atoms with Crippen LogP contribution in [0.3, 0.4) is 0 Å². The Hall–Kier alpha value is -1.41. The molecule has 0 saturated heterocycles. The van der Waals surface area contributed by atoms with Crippen LogP contribution in [0.1, 0.15) is 17.4 Å². The van der Waals surface area contributed by atoms with Crippen molar-refractivity contribution in [1.82, 2.24) is 0 Å². The van der Waals surface area contributed by atoms with Crippen LogP contribution < -0.4 is 0 Å². The highest BCUT2D eigenvalue weighted by atomic mass is 32.1. The van der Waals surface area contributed by atoms with Crippen molar-refractivity contribution in [2.75, 3.05) is 0 Å². The van der Waals surface area contributed by atoms with E-state index in [9.17, 15) is 4.39 Å². The number of allylic oxidation sites excluding steroid dienone is 1. The molecule has 2 heteroatoms. The summed E-state index contributed by atoms with van der Waals surface area (Å²) < 4.78 is 14.2. The molecule has 0 aliphatic heterocycles. The smallest absolute Gasteiger partial charge is 0.123 e. The molecule has 1 heterocycles. The molecule has 0 nitrogen and oxygen atoms in total. The van der Waals surface area contributed by atoms with Gasteiger partial charge in [-0.2, -0.15) is 0 Å². The monoisotopic (exact) mass is 218 g/mol. The molecule has 0 spiro atoms. The zero-order valence-corrected chi connectivity index (χ0v) is 9.27. The van der Waals surface area contributed by atoms with E-state index in [1.807, 2.05) is 31.2 Å². The SMILES string of the molecule is C=Cc1sc2ccc(F)cc2c1/C=C\C. The molecule has 0 unspecified atom stereocenters. The van der Waals surface area contributed by atoms with Gasteiger partial charge in [-0.15, -0.1) is 11.3 Å². The molecule has 0 amide bonds. The molecule has 0 radical (unpaired) electrons. The normalized spacial score (nSPS) is 11.3. The van der Waals surface area contributed by atoms with Crippen LogP contribution >= 0.6 is 11.3 Å². The second-order valence-electron chi connectivity index (χ2n) is 3.22. The van der Waals surface area contributed by atoms with Crippen LogP contribution in [0.5, 0.6) is 0 Å². The van der Waals surface area contributed by atoms with Gasteiger partial charge in [0.05, 0.1) is 0 Å². The Labute approximate surface area is 92.4 Å².